The van der Waals surface area contributed by atoms with Gasteiger partial charge in [-0.25, -0.2) is 18.0 Å². The van der Waals surface area contributed by atoms with Gasteiger partial charge in [0.2, 0.25) is 5.76 Å². The van der Waals surface area contributed by atoms with E-state index >= 15 is 0 Å². The summed E-state index contributed by atoms with van der Waals surface area (Å²) in [4.78, 5) is 28.5. The molecule has 1 aliphatic heterocycles. The lowest BCUT2D eigenvalue weighted by molar-refractivity contribution is 0.0412. The van der Waals surface area contributed by atoms with Crippen LogP contribution in [0.15, 0.2) is 66.9 Å². The van der Waals surface area contributed by atoms with Gasteiger partial charge in [-0.15, -0.1) is 0 Å². The number of morpholine rings is 1. The Labute approximate surface area is 261 Å². The number of furan rings is 2. The minimum atomic E-state index is -4.14. The molecule has 14 heteroatoms. The number of rotatable bonds is 9. The summed E-state index contributed by atoms with van der Waals surface area (Å²) in [5.41, 5.74) is 1.46. The van der Waals surface area contributed by atoms with Crippen molar-refractivity contribution in [2.45, 2.75) is 31.8 Å². The number of hydrogen-bond acceptors (Lipinski definition) is 7. The van der Waals surface area contributed by atoms with Crippen LogP contribution in [-0.2, 0) is 27.8 Å². The molecule has 0 bridgehead atoms. The Kier molecular flexibility index (Phi) is 9.07. The second kappa shape index (κ2) is 12.6. The van der Waals surface area contributed by atoms with E-state index in [2.05, 4.69) is 15.9 Å². The number of aryl methyl sites for hydroxylation is 1. The van der Waals surface area contributed by atoms with Crippen LogP contribution in [0.5, 0.6) is 0 Å². The highest BCUT2D eigenvalue weighted by molar-refractivity contribution is 9.10. The number of carboxylic acid groups (broad SMARTS) is 1. The van der Waals surface area contributed by atoms with Crippen molar-refractivity contribution in [3.05, 3.63) is 80.9 Å². The molecule has 2 aromatic carbocycles. The number of ether oxygens (including phenoxy) is 1. The maximum atomic E-state index is 14.1. The zero-order valence-electron chi connectivity index (χ0n) is 23.4. The highest BCUT2D eigenvalue weighted by Gasteiger charge is 2.30. The van der Waals surface area contributed by atoms with Crippen molar-refractivity contribution in [2.24, 2.45) is 0 Å². The van der Waals surface area contributed by atoms with E-state index in [4.69, 9.17) is 25.2 Å². The van der Waals surface area contributed by atoms with E-state index in [0.717, 1.165) is 0 Å². The summed E-state index contributed by atoms with van der Waals surface area (Å²) >= 11 is 9.70. The van der Waals surface area contributed by atoms with E-state index in [-0.39, 0.29) is 41.9 Å². The molecule has 0 atom stereocenters. The molecule has 0 saturated carbocycles. The van der Waals surface area contributed by atoms with Crippen LogP contribution >= 0.6 is 27.5 Å². The standard InChI is InChI=1S/C29H29BrClN3O8S/c1-3-34(43(38,39)22-6-8-25-23(15-22)18(2)27(42-25)28(35)36)24-7-4-20(31)14-19(24)16-33(17-21-5-9-26(30)41-21)29(37)32-10-12-40-13-11-32/h4-9,14-15H,3,10-13,16-17H2,1-2H3,(H,35,36). The van der Waals surface area contributed by atoms with Crippen LogP contribution < -0.4 is 4.31 Å². The molecule has 3 heterocycles. The van der Waals surface area contributed by atoms with Crippen LogP contribution in [-0.4, -0.2) is 68.2 Å². The highest BCUT2D eigenvalue weighted by Crippen LogP contribution is 2.34. The Morgan fingerprint density at radius 2 is 1.79 bits per heavy atom. The number of carboxylic acids is 1. The van der Waals surface area contributed by atoms with Gasteiger partial charge in [0.1, 0.15) is 11.3 Å². The fourth-order valence-electron chi connectivity index (χ4n) is 5.06. The number of hydrogen-bond donors (Lipinski definition) is 1. The molecule has 0 spiro atoms. The third-order valence-electron chi connectivity index (χ3n) is 7.18. The second-order valence-corrected chi connectivity index (χ2v) is 13.0. The molecule has 2 aromatic heterocycles. The molecule has 1 aliphatic rings. The van der Waals surface area contributed by atoms with Gasteiger partial charge < -0.3 is 28.5 Å². The quantitative estimate of drug-likeness (QED) is 0.222. The minimum absolute atomic E-state index is 0.0368. The summed E-state index contributed by atoms with van der Waals surface area (Å²) in [6, 6.07) is 12.4. The van der Waals surface area contributed by atoms with Crippen molar-refractivity contribution >= 4 is 66.2 Å². The largest absolute Gasteiger partial charge is 0.475 e. The summed E-state index contributed by atoms with van der Waals surface area (Å²) < 4.78 is 46.4. The van der Waals surface area contributed by atoms with E-state index < -0.39 is 16.0 Å². The summed E-state index contributed by atoms with van der Waals surface area (Å²) in [5, 5.41) is 10.2. The van der Waals surface area contributed by atoms with Gasteiger partial charge in [0, 0.05) is 35.6 Å². The number of fused-ring (bicyclic) bond motifs is 1. The van der Waals surface area contributed by atoms with Crippen molar-refractivity contribution < 1.29 is 36.7 Å². The Morgan fingerprint density at radius 3 is 2.44 bits per heavy atom. The van der Waals surface area contributed by atoms with Crippen molar-refractivity contribution in [1.29, 1.82) is 0 Å². The zero-order valence-corrected chi connectivity index (χ0v) is 26.5. The van der Waals surface area contributed by atoms with Crippen molar-refractivity contribution in [2.75, 3.05) is 37.2 Å². The fourth-order valence-corrected chi connectivity index (χ4v) is 7.13. The molecular formula is C29H29BrClN3O8S. The van der Waals surface area contributed by atoms with Gasteiger partial charge >= 0.3 is 12.0 Å². The first kappa shape index (κ1) is 30.9. The third-order valence-corrected chi connectivity index (χ3v) is 9.72. The molecule has 5 rings (SSSR count). The highest BCUT2D eigenvalue weighted by atomic mass is 79.9. The molecule has 1 saturated heterocycles. The number of anilines is 1. The first-order chi connectivity index (χ1) is 20.5. The van der Waals surface area contributed by atoms with E-state index in [1.807, 2.05) is 0 Å². The lowest BCUT2D eigenvalue weighted by Crippen LogP contribution is -2.47. The van der Waals surface area contributed by atoms with Crippen molar-refractivity contribution in [1.82, 2.24) is 9.80 Å². The second-order valence-electron chi connectivity index (χ2n) is 9.91. The van der Waals surface area contributed by atoms with Crippen LogP contribution in [0.1, 0.15) is 34.4 Å². The molecule has 4 aromatic rings. The number of halogens is 2. The molecule has 0 unspecified atom stereocenters. The van der Waals surface area contributed by atoms with Gasteiger partial charge in [-0.3, -0.25) is 4.31 Å². The van der Waals surface area contributed by atoms with Crippen LogP contribution in [0.25, 0.3) is 11.0 Å². The normalized spacial score (nSPS) is 13.8. The van der Waals surface area contributed by atoms with Crippen molar-refractivity contribution in [3.63, 3.8) is 0 Å². The maximum Gasteiger partial charge on any atom is 0.372 e. The van der Waals surface area contributed by atoms with E-state index in [1.165, 1.54) is 22.5 Å². The predicted octanol–water partition coefficient (Wildman–Crippen LogP) is 6.12. The molecule has 1 N–H and O–H groups in total. The number of aromatic carboxylic acids is 1. The summed E-state index contributed by atoms with van der Waals surface area (Å²) in [6.45, 7) is 5.21. The number of sulfonamides is 1. The average molecular weight is 695 g/mol. The van der Waals surface area contributed by atoms with Gasteiger partial charge in [-0.05, 0) is 83.9 Å². The van der Waals surface area contributed by atoms with Crippen LogP contribution in [0.2, 0.25) is 5.02 Å². The van der Waals surface area contributed by atoms with Gasteiger partial charge in [0.25, 0.3) is 10.0 Å². The lowest BCUT2D eigenvalue weighted by atomic mass is 10.1. The zero-order chi connectivity index (χ0) is 30.9. The van der Waals surface area contributed by atoms with Crippen molar-refractivity contribution in [3.8, 4) is 0 Å². The number of urea groups is 1. The molecule has 0 aliphatic carbocycles. The van der Waals surface area contributed by atoms with Crippen LogP contribution in [0.4, 0.5) is 10.5 Å². The summed E-state index contributed by atoms with van der Waals surface area (Å²) in [6.07, 6.45) is 0. The Hall–Kier alpha value is -3.52. The third kappa shape index (κ3) is 6.40. The molecule has 0 radical (unpaired) electrons. The SMILES string of the molecule is CCN(c1ccc(Cl)cc1CN(Cc1ccc(Br)o1)C(=O)N1CCOCC1)S(=O)(=O)c1ccc2oc(C(=O)O)c(C)c2c1. The average Bonchev–Trinajstić information content (AvgIpc) is 3.55. The summed E-state index contributed by atoms with van der Waals surface area (Å²) in [5.74, 6) is -0.941. The number of amides is 2. The Morgan fingerprint density at radius 1 is 1.05 bits per heavy atom. The van der Waals surface area contributed by atoms with E-state index in [1.54, 1.807) is 54.0 Å². The van der Waals surface area contributed by atoms with Crippen LogP contribution in [0, 0.1) is 6.92 Å². The number of nitrogens with zero attached hydrogens (tertiary/aromatic N) is 3. The molecule has 228 valence electrons. The van der Waals surface area contributed by atoms with Gasteiger partial charge in [-0.1, -0.05) is 11.6 Å². The topological polar surface area (TPSA) is 134 Å². The summed E-state index contributed by atoms with van der Waals surface area (Å²) in [7, 11) is -4.14. The van der Waals surface area contributed by atoms with Crippen LogP contribution in [0.3, 0.4) is 0 Å². The van der Waals surface area contributed by atoms with Gasteiger partial charge in [-0.2, -0.15) is 0 Å². The first-order valence-corrected chi connectivity index (χ1v) is 16.0. The van der Waals surface area contributed by atoms with E-state index in [9.17, 15) is 23.1 Å². The van der Waals surface area contributed by atoms with Gasteiger partial charge in [0.15, 0.2) is 4.67 Å². The number of benzene rings is 2. The number of carbonyl (C=O) groups is 2. The predicted molar refractivity (Wildman–Crippen MR) is 163 cm³/mol. The minimum Gasteiger partial charge on any atom is -0.475 e. The molecule has 1 fully saturated rings. The molecule has 2 amide bonds. The lowest BCUT2D eigenvalue weighted by Gasteiger charge is -2.34. The van der Waals surface area contributed by atoms with E-state index in [0.29, 0.717) is 64.0 Å². The molecular weight excluding hydrogens is 666 g/mol. The smallest absolute Gasteiger partial charge is 0.372 e. The monoisotopic (exact) mass is 693 g/mol. The molecule has 43 heavy (non-hydrogen) atoms. The maximum absolute atomic E-state index is 14.1. The Balaban J connectivity index is 1.53. The fraction of sp³-hybridized carbons (Fsp3) is 0.310. The van der Waals surface area contributed by atoms with Gasteiger partial charge in [0.05, 0.1) is 36.9 Å². The Bertz CT molecular complexity index is 1780. The molecule has 11 nitrogen and oxygen atoms in total. The number of carbonyl (C=O) groups excluding carboxylic acids is 1. The first-order valence-electron chi connectivity index (χ1n) is 13.4.